The van der Waals surface area contributed by atoms with Crippen LogP contribution in [-0.2, 0) is 6.42 Å². The highest BCUT2D eigenvalue weighted by Crippen LogP contribution is 2.48. The van der Waals surface area contributed by atoms with Crippen LogP contribution in [0.25, 0.3) is 22.3 Å². The molecule has 0 fully saturated rings. The lowest BCUT2D eigenvalue weighted by atomic mass is 10.0. The second-order valence-electron chi connectivity index (χ2n) is 6.47. The third kappa shape index (κ3) is 2.60. The van der Waals surface area contributed by atoms with Gasteiger partial charge in [0.25, 0.3) is 0 Å². The number of rotatable bonds is 3. The summed E-state index contributed by atoms with van der Waals surface area (Å²) in [4.78, 5) is 0. The molecule has 6 nitrogen and oxygen atoms in total. The summed E-state index contributed by atoms with van der Waals surface area (Å²) in [6, 6.07) is 6.24. The van der Waals surface area contributed by atoms with Crippen LogP contribution in [0.3, 0.4) is 0 Å². The SMILES string of the molecule is CC(C)=CCc1cc(-c2cc3c(O)c4c(cc3o2)OCO4)c(O)cc1O. The molecular formula is C20H18O6. The van der Waals surface area contributed by atoms with Crippen molar-refractivity contribution in [2.24, 2.45) is 0 Å². The van der Waals surface area contributed by atoms with Gasteiger partial charge >= 0.3 is 0 Å². The molecule has 0 amide bonds. The standard InChI is InChI=1S/C20H18O6/c1-10(2)3-4-11-5-12(15(22)7-14(11)21)16-6-13-17(26-16)8-18-20(19(13)23)25-9-24-18/h3,5-8,21-23H,4,9H2,1-2H3. The lowest BCUT2D eigenvalue weighted by molar-refractivity contribution is 0.171. The Balaban J connectivity index is 1.83. The van der Waals surface area contributed by atoms with E-state index in [1.807, 2.05) is 19.9 Å². The number of hydrogen-bond donors (Lipinski definition) is 3. The summed E-state index contributed by atoms with van der Waals surface area (Å²) in [5, 5.41) is 31.2. The van der Waals surface area contributed by atoms with Crippen LogP contribution in [0.5, 0.6) is 28.7 Å². The van der Waals surface area contributed by atoms with E-state index in [0.717, 1.165) is 5.57 Å². The fraction of sp³-hybridized carbons (Fsp3) is 0.200. The summed E-state index contributed by atoms with van der Waals surface area (Å²) < 4.78 is 16.4. The monoisotopic (exact) mass is 354 g/mol. The molecule has 1 aliphatic heterocycles. The summed E-state index contributed by atoms with van der Waals surface area (Å²) in [6.07, 6.45) is 2.52. The number of phenols is 3. The molecule has 0 saturated carbocycles. The smallest absolute Gasteiger partial charge is 0.231 e. The number of aromatic hydroxyl groups is 3. The van der Waals surface area contributed by atoms with E-state index < -0.39 is 0 Å². The fourth-order valence-corrected chi connectivity index (χ4v) is 2.95. The van der Waals surface area contributed by atoms with Gasteiger partial charge in [-0.15, -0.1) is 0 Å². The van der Waals surface area contributed by atoms with Crippen molar-refractivity contribution >= 4 is 11.0 Å². The average Bonchev–Trinajstić information content (AvgIpc) is 3.21. The van der Waals surface area contributed by atoms with Crippen molar-refractivity contribution in [3.05, 3.63) is 41.5 Å². The molecule has 3 N–H and O–H groups in total. The van der Waals surface area contributed by atoms with Crippen LogP contribution >= 0.6 is 0 Å². The van der Waals surface area contributed by atoms with Gasteiger partial charge in [-0.2, -0.15) is 0 Å². The molecule has 0 atom stereocenters. The van der Waals surface area contributed by atoms with Gasteiger partial charge in [0, 0.05) is 12.1 Å². The minimum atomic E-state index is -0.109. The Morgan fingerprint density at radius 1 is 1.04 bits per heavy atom. The van der Waals surface area contributed by atoms with Gasteiger partial charge < -0.3 is 29.2 Å². The van der Waals surface area contributed by atoms with Crippen LogP contribution in [0.2, 0.25) is 0 Å². The van der Waals surface area contributed by atoms with Crippen molar-refractivity contribution in [3.8, 4) is 40.1 Å². The normalized spacial score (nSPS) is 12.5. The van der Waals surface area contributed by atoms with Crippen molar-refractivity contribution in [3.63, 3.8) is 0 Å². The molecule has 4 rings (SSSR count). The van der Waals surface area contributed by atoms with Gasteiger partial charge in [0.15, 0.2) is 11.5 Å². The van der Waals surface area contributed by atoms with E-state index in [2.05, 4.69) is 0 Å². The lowest BCUT2D eigenvalue weighted by Gasteiger charge is -2.07. The summed E-state index contributed by atoms with van der Waals surface area (Å²) in [5.74, 6) is 0.910. The number of phenolic OH excluding ortho intramolecular Hbond substituents is 3. The third-order valence-corrected chi connectivity index (χ3v) is 4.33. The molecule has 0 unspecified atom stereocenters. The number of ether oxygens (including phenoxy) is 2. The van der Waals surface area contributed by atoms with Crippen LogP contribution in [0.1, 0.15) is 19.4 Å². The molecule has 2 heterocycles. The second kappa shape index (κ2) is 5.91. The molecule has 0 spiro atoms. The molecule has 1 aliphatic rings. The fourth-order valence-electron chi connectivity index (χ4n) is 2.95. The minimum absolute atomic E-state index is 0.0171. The Kier molecular flexibility index (Phi) is 3.68. The summed E-state index contributed by atoms with van der Waals surface area (Å²) in [7, 11) is 0. The molecule has 6 heteroatoms. The number of benzene rings is 2. The van der Waals surface area contributed by atoms with Crippen LogP contribution in [0, 0.1) is 0 Å². The van der Waals surface area contributed by atoms with Gasteiger partial charge in [-0.1, -0.05) is 11.6 Å². The Morgan fingerprint density at radius 2 is 1.85 bits per heavy atom. The predicted molar refractivity (Wildman–Crippen MR) is 95.9 cm³/mol. The van der Waals surface area contributed by atoms with Crippen LogP contribution in [0.4, 0.5) is 0 Å². The zero-order valence-electron chi connectivity index (χ0n) is 14.4. The van der Waals surface area contributed by atoms with E-state index in [9.17, 15) is 15.3 Å². The first-order valence-electron chi connectivity index (χ1n) is 8.17. The van der Waals surface area contributed by atoms with Crippen LogP contribution in [0.15, 0.2) is 40.3 Å². The molecule has 0 bridgehead atoms. The van der Waals surface area contributed by atoms with Crippen molar-refractivity contribution in [1.82, 2.24) is 0 Å². The van der Waals surface area contributed by atoms with E-state index in [0.29, 0.717) is 40.0 Å². The first kappa shape index (κ1) is 16.2. The first-order chi connectivity index (χ1) is 12.4. The number of hydrogen-bond acceptors (Lipinski definition) is 6. The molecule has 26 heavy (non-hydrogen) atoms. The highest BCUT2D eigenvalue weighted by Gasteiger charge is 2.24. The maximum absolute atomic E-state index is 10.4. The third-order valence-electron chi connectivity index (χ3n) is 4.33. The molecule has 0 radical (unpaired) electrons. The van der Waals surface area contributed by atoms with Crippen molar-refractivity contribution in [1.29, 1.82) is 0 Å². The van der Waals surface area contributed by atoms with E-state index in [-0.39, 0.29) is 29.8 Å². The Hall–Kier alpha value is -3.28. The van der Waals surface area contributed by atoms with Crippen molar-refractivity contribution in [2.75, 3.05) is 6.79 Å². The van der Waals surface area contributed by atoms with Gasteiger partial charge in [0.1, 0.15) is 22.8 Å². The topological polar surface area (TPSA) is 92.3 Å². The van der Waals surface area contributed by atoms with Crippen molar-refractivity contribution in [2.45, 2.75) is 20.3 Å². The number of furan rings is 1. The van der Waals surface area contributed by atoms with Gasteiger partial charge in [0.05, 0.1) is 10.9 Å². The summed E-state index contributed by atoms with van der Waals surface area (Å²) >= 11 is 0. The molecule has 0 aliphatic carbocycles. The highest BCUT2D eigenvalue weighted by atomic mass is 16.7. The van der Waals surface area contributed by atoms with E-state index in [1.54, 1.807) is 18.2 Å². The summed E-state index contributed by atoms with van der Waals surface area (Å²) in [5.41, 5.74) is 2.64. The Labute approximate surface area is 149 Å². The minimum Gasteiger partial charge on any atom is -0.508 e. The molecule has 1 aromatic heterocycles. The molecule has 3 aromatic rings. The Bertz CT molecular complexity index is 1040. The van der Waals surface area contributed by atoms with Crippen molar-refractivity contribution < 1.29 is 29.2 Å². The summed E-state index contributed by atoms with van der Waals surface area (Å²) in [6.45, 7) is 4.00. The number of allylic oxidation sites excluding steroid dienone is 2. The maximum Gasteiger partial charge on any atom is 0.231 e. The molecular weight excluding hydrogens is 336 g/mol. The lowest BCUT2D eigenvalue weighted by Crippen LogP contribution is -1.93. The predicted octanol–water partition coefficient (Wildman–Crippen LogP) is 4.45. The van der Waals surface area contributed by atoms with Gasteiger partial charge in [0.2, 0.25) is 12.5 Å². The molecule has 2 aromatic carbocycles. The first-order valence-corrected chi connectivity index (χ1v) is 8.17. The van der Waals surface area contributed by atoms with Gasteiger partial charge in [-0.25, -0.2) is 0 Å². The average molecular weight is 354 g/mol. The number of fused-ring (bicyclic) bond motifs is 2. The Morgan fingerprint density at radius 3 is 2.62 bits per heavy atom. The van der Waals surface area contributed by atoms with Crippen LogP contribution < -0.4 is 9.47 Å². The second-order valence-corrected chi connectivity index (χ2v) is 6.47. The zero-order chi connectivity index (χ0) is 18.4. The van der Waals surface area contributed by atoms with Crippen LogP contribution in [-0.4, -0.2) is 22.1 Å². The van der Waals surface area contributed by atoms with E-state index in [1.165, 1.54) is 6.07 Å². The zero-order valence-corrected chi connectivity index (χ0v) is 14.4. The van der Waals surface area contributed by atoms with E-state index in [4.69, 9.17) is 13.9 Å². The largest absolute Gasteiger partial charge is 0.508 e. The van der Waals surface area contributed by atoms with E-state index >= 15 is 0 Å². The highest BCUT2D eigenvalue weighted by molar-refractivity contribution is 5.93. The quantitative estimate of drug-likeness (QED) is 0.602. The van der Waals surface area contributed by atoms with Gasteiger partial charge in [-0.05, 0) is 38.0 Å². The molecule has 134 valence electrons. The molecule has 0 saturated heterocycles. The van der Waals surface area contributed by atoms with Gasteiger partial charge in [-0.3, -0.25) is 0 Å². The maximum atomic E-state index is 10.4.